The smallest absolute Gasteiger partial charge is 0.251 e. The molecule has 3 rings (SSSR count). The minimum absolute atomic E-state index is 0.167. The molecule has 2 aromatic carbocycles. The number of aryl methyl sites for hydroxylation is 1. The van der Waals surface area contributed by atoms with Gasteiger partial charge in [-0.3, -0.25) is 4.79 Å². The van der Waals surface area contributed by atoms with Crippen LogP contribution in [-0.2, 0) is 6.54 Å². The maximum atomic E-state index is 12.5. The van der Waals surface area contributed by atoms with Crippen molar-refractivity contribution < 1.29 is 9.53 Å². The number of hydrogen-bond acceptors (Lipinski definition) is 4. The third-order valence-corrected chi connectivity index (χ3v) is 4.22. The van der Waals surface area contributed by atoms with Crippen molar-refractivity contribution in [3.63, 3.8) is 0 Å². The minimum Gasteiger partial charge on any atom is -0.495 e. The summed E-state index contributed by atoms with van der Waals surface area (Å²) in [6, 6.07) is 16.6. The van der Waals surface area contributed by atoms with Crippen molar-refractivity contribution in [2.24, 2.45) is 0 Å². The van der Waals surface area contributed by atoms with E-state index >= 15 is 0 Å². The number of anilines is 2. The zero-order chi connectivity index (χ0) is 19.2. The van der Waals surface area contributed by atoms with Crippen LogP contribution >= 0.6 is 11.6 Å². The summed E-state index contributed by atoms with van der Waals surface area (Å²) >= 11 is 6.05. The number of ether oxygens (including phenoxy) is 1. The number of hydrogen-bond donors (Lipinski definition) is 2. The molecule has 0 atom stereocenters. The Balaban J connectivity index is 1.71. The predicted molar refractivity (Wildman–Crippen MR) is 108 cm³/mol. The highest BCUT2D eigenvalue weighted by molar-refractivity contribution is 6.31. The molecule has 0 aliphatic heterocycles. The lowest BCUT2D eigenvalue weighted by Gasteiger charge is -2.12. The Bertz CT molecular complexity index is 960. The van der Waals surface area contributed by atoms with Crippen LogP contribution in [0.25, 0.3) is 0 Å². The van der Waals surface area contributed by atoms with E-state index in [1.54, 1.807) is 43.6 Å². The van der Waals surface area contributed by atoms with E-state index in [1.165, 1.54) is 0 Å². The Morgan fingerprint density at radius 3 is 2.78 bits per heavy atom. The summed E-state index contributed by atoms with van der Waals surface area (Å²) in [4.78, 5) is 16.7. The molecule has 5 nitrogen and oxygen atoms in total. The molecule has 0 saturated carbocycles. The summed E-state index contributed by atoms with van der Waals surface area (Å²) < 4.78 is 5.32. The first-order valence-electron chi connectivity index (χ1n) is 8.45. The number of amides is 1. The van der Waals surface area contributed by atoms with E-state index in [-0.39, 0.29) is 5.91 Å². The van der Waals surface area contributed by atoms with Crippen LogP contribution in [0.5, 0.6) is 5.75 Å². The fourth-order valence-electron chi connectivity index (χ4n) is 2.66. The Labute approximate surface area is 163 Å². The fourth-order valence-corrected chi connectivity index (χ4v) is 2.83. The average molecular weight is 382 g/mol. The van der Waals surface area contributed by atoms with E-state index in [0.29, 0.717) is 34.4 Å². The van der Waals surface area contributed by atoms with Crippen LogP contribution in [0.2, 0.25) is 5.02 Å². The van der Waals surface area contributed by atoms with Gasteiger partial charge in [0.25, 0.3) is 5.91 Å². The predicted octanol–water partition coefficient (Wildman–Crippen LogP) is 4.73. The summed E-state index contributed by atoms with van der Waals surface area (Å²) in [6.45, 7) is 2.49. The van der Waals surface area contributed by atoms with Gasteiger partial charge in [0, 0.05) is 23.3 Å². The molecule has 0 radical (unpaired) electrons. The summed E-state index contributed by atoms with van der Waals surface area (Å²) in [5.74, 6) is 0.995. The zero-order valence-electron chi connectivity index (χ0n) is 15.1. The Hall–Kier alpha value is -3.05. The molecular formula is C21H20ClN3O2. The first kappa shape index (κ1) is 18.7. The molecule has 27 heavy (non-hydrogen) atoms. The highest BCUT2D eigenvalue weighted by atomic mass is 35.5. The molecule has 0 fully saturated rings. The van der Waals surface area contributed by atoms with Gasteiger partial charge in [0.15, 0.2) is 0 Å². The number of rotatable bonds is 6. The molecule has 1 heterocycles. The zero-order valence-corrected chi connectivity index (χ0v) is 15.9. The van der Waals surface area contributed by atoms with Gasteiger partial charge in [-0.15, -0.1) is 0 Å². The van der Waals surface area contributed by atoms with E-state index in [0.717, 1.165) is 11.1 Å². The number of aromatic nitrogens is 1. The lowest BCUT2D eigenvalue weighted by Crippen LogP contribution is -2.23. The average Bonchev–Trinajstić information content (AvgIpc) is 2.66. The molecule has 0 spiro atoms. The van der Waals surface area contributed by atoms with Crippen molar-refractivity contribution in [1.82, 2.24) is 10.3 Å². The second-order valence-corrected chi connectivity index (χ2v) is 6.51. The van der Waals surface area contributed by atoms with Crippen LogP contribution in [0.4, 0.5) is 11.5 Å². The molecule has 3 aromatic rings. The molecule has 1 amide bonds. The van der Waals surface area contributed by atoms with Crippen LogP contribution in [0.1, 0.15) is 21.5 Å². The highest BCUT2D eigenvalue weighted by Crippen LogP contribution is 2.30. The molecule has 0 saturated heterocycles. The van der Waals surface area contributed by atoms with E-state index in [1.807, 2.05) is 31.2 Å². The second kappa shape index (κ2) is 8.56. The van der Waals surface area contributed by atoms with Crippen LogP contribution in [0, 0.1) is 6.92 Å². The van der Waals surface area contributed by atoms with E-state index in [4.69, 9.17) is 16.3 Å². The van der Waals surface area contributed by atoms with Gasteiger partial charge in [-0.1, -0.05) is 41.4 Å². The molecule has 0 bridgehead atoms. The number of nitrogens with zero attached hydrogens (tertiary/aromatic N) is 1. The molecular weight excluding hydrogens is 362 g/mol. The van der Waals surface area contributed by atoms with Gasteiger partial charge in [0.1, 0.15) is 11.6 Å². The molecule has 1 aromatic heterocycles. The van der Waals surface area contributed by atoms with Gasteiger partial charge >= 0.3 is 0 Å². The molecule has 6 heteroatoms. The van der Waals surface area contributed by atoms with Gasteiger partial charge < -0.3 is 15.4 Å². The third-order valence-electron chi connectivity index (χ3n) is 3.98. The van der Waals surface area contributed by atoms with Crippen molar-refractivity contribution in [3.05, 3.63) is 82.5 Å². The van der Waals surface area contributed by atoms with Crippen molar-refractivity contribution >= 4 is 29.0 Å². The third kappa shape index (κ3) is 4.99. The van der Waals surface area contributed by atoms with E-state index < -0.39 is 0 Å². The van der Waals surface area contributed by atoms with Gasteiger partial charge in [0.05, 0.1) is 12.8 Å². The lowest BCUT2D eigenvalue weighted by molar-refractivity contribution is 0.0951. The van der Waals surface area contributed by atoms with E-state index in [2.05, 4.69) is 15.6 Å². The minimum atomic E-state index is -0.167. The number of carbonyl (C=O) groups is 1. The number of halogens is 1. The maximum Gasteiger partial charge on any atom is 0.251 e. The van der Waals surface area contributed by atoms with Crippen LogP contribution < -0.4 is 15.4 Å². The highest BCUT2D eigenvalue weighted by Gasteiger charge is 2.09. The van der Waals surface area contributed by atoms with Crippen molar-refractivity contribution in [2.75, 3.05) is 12.4 Å². The van der Waals surface area contributed by atoms with Gasteiger partial charge in [-0.2, -0.15) is 0 Å². The number of carbonyl (C=O) groups excluding carboxylic acids is 1. The van der Waals surface area contributed by atoms with Crippen molar-refractivity contribution in [2.45, 2.75) is 13.5 Å². The second-order valence-electron chi connectivity index (χ2n) is 6.07. The first-order chi connectivity index (χ1) is 13.0. The quantitative estimate of drug-likeness (QED) is 0.648. The summed E-state index contributed by atoms with van der Waals surface area (Å²) in [5.41, 5.74) is 3.41. The monoisotopic (exact) mass is 381 g/mol. The van der Waals surface area contributed by atoms with Crippen molar-refractivity contribution in [3.8, 4) is 5.75 Å². The number of benzene rings is 2. The Kier molecular flexibility index (Phi) is 5.94. The Morgan fingerprint density at radius 2 is 2.00 bits per heavy atom. The van der Waals surface area contributed by atoms with E-state index in [9.17, 15) is 4.79 Å². The number of nitrogens with one attached hydrogen (secondary N) is 2. The number of methoxy groups -OCH3 is 1. The molecule has 0 unspecified atom stereocenters. The Morgan fingerprint density at radius 1 is 1.15 bits per heavy atom. The van der Waals surface area contributed by atoms with Crippen LogP contribution in [0.3, 0.4) is 0 Å². The molecule has 138 valence electrons. The molecule has 0 aliphatic rings. The summed E-state index contributed by atoms with van der Waals surface area (Å²) in [5, 5.41) is 6.64. The largest absolute Gasteiger partial charge is 0.495 e. The fraction of sp³-hybridized carbons (Fsp3) is 0.143. The normalized spacial score (nSPS) is 10.3. The standard InChI is InChI=1S/C21H20ClN3O2/c1-14-4-3-5-15(10-14)13-24-21(26)16-8-9-23-20(11-16)25-18-12-17(22)6-7-19(18)27-2/h3-12H,13H2,1-2H3,(H,23,25)(H,24,26). The van der Waals surface area contributed by atoms with Gasteiger partial charge in [0.2, 0.25) is 0 Å². The van der Waals surface area contributed by atoms with Gasteiger partial charge in [-0.05, 0) is 42.8 Å². The van der Waals surface area contributed by atoms with Crippen molar-refractivity contribution in [1.29, 1.82) is 0 Å². The lowest BCUT2D eigenvalue weighted by atomic mass is 10.1. The topological polar surface area (TPSA) is 63.2 Å². The first-order valence-corrected chi connectivity index (χ1v) is 8.83. The van der Waals surface area contributed by atoms with Crippen LogP contribution in [-0.4, -0.2) is 18.0 Å². The maximum absolute atomic E-state index is 12.5. The number of pyridine rings is 1. The summed E-state index contributed by atoms with van der Waals surface area (Å²) in [6.07, 6.45) is 1.58. The SMILES string of the molecule is COc1ccc(Cl)cc1Nc1cc(C(=O)NCc2cccc(C)c2)ccn1. The molecule has 0 aliphatic carbocycles. The molecule has 2 N–H and O–H groups in total. The van der Waals surface area contributed by atoms with Gasteiger partial charge in [-0.25, -0.2) is 4.98 Å². The summed E-state index contributed by atoms with van der Waals surface area (Å²) in [7, 11) is 1.58. The van der Waals surface area contributed by atoms with Crippen LogP contribution in [0.15, 0.2) is 60.8 Å².